The van der Waals surface area contributed by atoms with E-state index >= 15 is 0 Å². The number of nitrogens with one attached hydrogen (secondary N) is 2. The van der Waals surface area contributed by atoms with Crippen molar-refractivity contribution in [3.05, 3.63) is 81.7 Å². The Bertz CT molecular complexity index is 1170. The van der Waals surface area contributed by atoms with Crippen LogP contribution in [0, 0.1) is 0 Å². The van der Waals surface area contributed by atoms with E-state index in [2.05, 4.69) is 15.5 Å². The van der Waals surface area contributed by atoms with Crippen molar-refractivity contribution in [3.63, 3.8) is 0 Å². The minimum atomic E-state index is -0.512. The average molecular weight is 420 g/mol. The third-order valence-corrected chi connectivity index (χ3v) is 5.64. The number of hydrogen-bond donors (Lipinski definition) is 3. The Morgan fingerprint density at radius 3 is 2.73 bits per heavy atom. The second-order valence-electron chi connectivity index (χ2n) is 6.65. The Morgan fingerprint density at radius 1 is 1.20 bits per heavy atom. The number of aromatic nitrogens is 2. The fourth-order valence-corrected chi connectivity index (χ4v) is 3.94. The van der Waals surface area contributed by atoms with Crippen LogP contribution in [0.15, 0.2) is 60.0 Å². The maximum atomic E-state index is 13.0. The molecule has 6 nitrogen and oxygen atoms in total. The number of thiophene rings is 1. The van der Waals surface area contributed by atoms with Gasteiger partial charge in [-0.05, 0) is 41.3 Å². The van der Waals surface area contributed by atoms with Crippen LogP contribution >= 0.6 is 11.3 Å². The molecule has 152 valence electrons. The molecule has 0 unspecified atom stereocenters. The summed E-state index contributed by atoms with van der Waals surface area (Å²) in [6, 6.07) is 16.3. The zero-order valence-electron chi connectivity index (χ0n) is 16.3. The highest BCUT2D eigenvalue weighted by Gasteiger charge is 2.21. The van der Waals surface area contributed by atoms with Crippen molar-refractivity contribution in [2.75, 3.05) is 13.7 Å². The number of H-pyrrole nitrogens is 1. The van der Waals surface area contributed by atoms with Crippen LogP contribution in [0.3, 0.4) is 0 Å². The Morgan fingerprint density at radius 2 is 2.03 bits per heavy atom. The highest BCUT2D eigenvalue weighted by molar-refractivity contribution is 7.10. The lowest BCUT2D eigenvalue weighted by atomic mass is 10.0. The van der Waals surface area contributed by atoms with Crippen LogP contribution in [0.5, 0.6) is 5.75 Å². The molecule has 0 fully saturated rings. The zero-order chi connectivity index (χ0) is 20.9. The molecule has 2 aromatic carbocycles. The first-order valence-electron chi connectivity index (χ1n) is 9.44. The predicted octanol–water partition coefficient (Wildman–Crippen LogP) is 4.27. The summed E-state index contributed by atoms with van der Waals surface area (Å²) in [5.74, 6) is 0.111. The van der Waals surface area contributed by atoms with Gasteiger partial charge >= 0.3 is 0 Å². The van der Waals surface area contributed by atoms with E-state index in [0.717, 1.165) is 21.5 Å². The molecule has 1 amide bonds. The number of methoxy groups -OCH3 is 1. The van der Waals surface area contributed by atoms with E-state index in [9.17, 15) is 9.90 Å². The number of carbonyl (C=O) groups excluding carboxylic acids is 1. The standard InChI is InChI=1S/C23H21N3O3S/c1-29-22-17(23(28)24-20(14-27)15-6-3-2-4-7-15)10-12-19-21(22)18(25-26-19)11-9-16-8-5-13-30-16/h2-13,20,27H,14H2,1H3,(H,24,28)(H,25,26)/t20-/m1/s1. The van der Waals surface area contributed by atoms with Gasteiger partial charge in [-0.25, -0.2) is 0 Å². The smallest absolute Gasteiger partial charge is 0.255 e. The SMILES string of the molecule is COc1c(C(=O)N[C@H](CO)c2ccccc2)ccc2n[nH]c(C=Cc3cccs3)c12. The summed E-state index contributed by atoms with van der Waals surface area (Å²) >= 11 is 1.64. The predicted molar refractivity (Wildman–Crippen MR) is 120 cm³/mol. The molecule has 2 aromatic heterocycles. The van der Waals surface area contributed by atoms with Crippen molar-refractivity contribution >= 4 is 40.3 Å². The van der Waals surface area contributed by atoms with E-state index in [4.69, 9.17) is 4.74 Å². The number of fused-ring (bicyclic) bond motifs is 1. The van der Waals surface area contributed by atoms with Crippen molar-refractivity contribution in [2.45, 2.75) is 6.04 Å². The van der Waals surface area contributed by atoms with Gasteiger partial charge in [-0.2, -0.15) is 5.10 Å². The molecule has 0 spiro atoms. The minimum absolute atomic E-state index is 0.208. The number of aliphatic hydroxyl groups excluding tert-OH is 1. The van der Waals surface area contributed by atoms with E-state index in [1.807, 2.05) is 60.0 Å². The molecule has 0 saturated carbocycles. The number of amides is 1. The topological polar surface area (TPSA) is 87.2 Å². The van der Waals surface area contributed by atoms with Crippen LogP contribution in [-0.4, -0.2) is 34.9 Å². The van der Waals surface area contributed by atoms with E-state index in [1.54, 1.807) is 23.5 Å². The van der Waals surface area contributed by atoms with Crippen LogP contribution in [0.2, 0.25) is 0 Å². The van der Waals surface area contributed by atoms with Gasteiger partial charge in [0, 0.05) is 4.88 Å². The fourth-order valence-electron chi connectivity index (χ4n) is 3.32. The van der Waals surface area contributed by atoms with Gasteiger partial charge < -0.3 is 15.2 Å². The minimum Gasteiger partial charge on any atom is -0.495 e. The molecular weight excluding hydrogens is 398 g/mol. The van der Waals surface area contributed by atoms with Gasteiger partial charge in [0.25, 0.3) is 5.91 Å². The van der Waals surface area contributed by atoms with E-state index in [-0.39, 0.29) is 12.5 Å². The molecule has 0 aliphatic carbocycles. The number of carbonyl (C=O) groups is 1. The van der Waals surface area contributed by atoms with E-state index < -0.39 is 6.04 Å². The molecule has 3 N–H and O–H groups in total. The van der Waals surface area contributed by atoms with Crippen LogP contribution < -0.4 is 10.1 Å². The second-order valence-corrected chi connectivity index (χ2v) is 7.63. The lowest BCUT2D eigenvalue weighted by molar-refractivity contribution is 0.0913. The highest BCUT2D eigenvalue weighted by Crippen LogP contribution is 2.32. The molecule has 7 heteroatoms. The molecule has 0 aliphatic heterocycles. The lowest BCUT2D eigenvalue weighted by Crippen LogP contribution is -2.31. The summed E-state index contributed by atoms with van der Waals surface area (Å²) in [7, 11) is 1.53. The number of nitrogens with zero attached hydrogens (tertiary/aromatic N) is 1. The third kappa shape index (κ3) is 3.98. The molecule has 30 heavy (non-hydrogen) atoms. The highest BCUT2D eigenvalue weighted by atomic mass is 32.1. The number of hydrogen-bond acceptors (Lipinski definition) is 5. The van der Waals surface area contributed by atoms with Crippen molar-refractivity contribution < 1.29 is 14.6 Å². The first-order valence-corrected chi connectivity index (χ1v) is 10.3. The quantitative estimate of drug-likeness (QED) is 0.418. The van der Waals surface area contributed by atoms with E-state index in [1.165, 1.54) is 7.11 Å². The Labute approximate surface area is 177 Å². The number of benzene rings is 2. The zero-order valence-corrected chi connectivity index (χ0v) is 17.1. The summed E-state index contributed by atoms with van der Waals surface area (Å²) < 4.78 is 5.62. The number of aromatic amines is 1. The molecule has 0 radical (unpaired) electrons. The summed E-state index contributed by atoms with van der Waals surface area (Å²) in [6.07, 6.45) is 3.91. The van der Waals surface area contributed by atoms with Crippen LogP contribution in [0.1, 0.15) is 32.5 Å². The Hall–Kier alpha value is -3.42. The molecule has 1 atom stereocenters. The van der Waals surface area contributed by atoms with Crippen LogP contribution in [0.25, 0.3) is 23.1 Å². The maximum Gasteiger partial charge on any atom is 0.255 e. The Balaban J connectivity index is 1.68. The third-order valence-electron chi connectivity index (χ3n) is 4.80. The maximum absolute atomic E-state index is 13.0. The number of rotatable bonds is 7. The van der Waals surface area contributed by atoms with Gasteiger partial charge in [-0.1, -0.05) is 36.4 Å². The van der Waals surface area contributed by atoms with Gasteiger partial charge in [0.2, 0.25) is 0 Å². The molecule has 0 aliphatic rings. The molecular formula is C23H21N3O3S. The fraction of sp³-hybridized carbons (Fsp3) is 0.130. The molecule has 4 rings (SSSR count). The summed E-state index contributed by atoms with van der Waals surface area (Å²) in [4.78, 5) is 14.1. The van der Waals surface area contributed by atoms with Gasteiger partial charge in [-0.3, -0.25) is 9.89 Å². The first kappa shape index (κ1) is 19.9. The van der Waals surface area contributed by atoms with Crippen molar-refractivity contribution in [3.8, 4) is 5.75 Å². The van der Waals surface area contributed by atoms with Crippen LogP contribution in [-0.2, 0) is 0 Å². The van der Waals surface area contributed by atoms with Gasteiger partial charge in [0.05, 0.1) is 41.9 Å². The van der Waals surface area contributed by atoms with Crippen LogP contribution in [0.4, 0.5) is 0 Å². The van der Waals surface area contributed by atoms with Gasteiger partial charge in [-0.15, -0.1) is 11.3 Å². The summed E-state index contributed by atoms with van der Waals surface area (Å²) in [6.45, 7) is -0.208. The largest absolute Gasteiger partial charge is 0.495 e. The molecule has 0 bridgehead atoms. The molecule has 2 heterocycles. The van der Waals surface area contributed by atoms with Crippen molar-refractivity contribution in [1.82, 2.24) is 15.5 Å². The normalized spacial score (nSPS) is 12.3. The average Bonchev–Trinajstić information content (AvgIpc) is 3.45. The van der Waals surface area contributed by atoms with Crippen molar-refractivity contribution in [1.29, 1.82) is 0 Å². The van der Waals surface area contributed by atoms with Gasteiger partial charge in [0.1, 0.15) is 5.75 Å². The second kappa shape index (κ2) is 8.94. The number of ether oxygens (including phenoxy) is 1. The first-order chi connectivity index (χ1) is 14.7. The van der Waals surface area contributed by atoms with Crippen molar-refractivity contribution in [2.24, 2.45) is 0 Å². The molecule has 4 aromatic rings. The monoisotopic (exact) mass is 419 g/mol. The number of aliphatic hydroxyl groups is 1. The van der Waals surface area contributed by atoms with E-state index in [0.29, 0.717) is 16.8 Å². The summed E-state index contributed by atoms with van der Waals surface area (Å²) in [5, 5.41) is 22.7. The lowest BCUT2D eigenvalue weighted by Gasteiger charge is -2.18. The summed E-state index contributed by atoms with van der Waals surface area (Å²) in [5.41, 5.74) is 2.67. The molecule has 0 saturated heterocycles. The van der Waals surface area contributed by atoms with Gasteiger partial charge in [0.15, 0.2) is 0 Å². The Kier molecular flexibility index (Phi) is 5.92.